The molecule has 0 saturated carbocycles. The molecule has 2 rings (SSSR count). The van der Waals surface area contributed by atoms with Crippen molar-refractivity contribution in [1.82, 2.24) is 9.97 Å². The first-order valence-electron chi connectivity index (χ1n) is 4.41. The van der Waals surface area contributed by atoms with Crippen LogP contribution in [0.2, 0.25) is 0 Å². The number of carboxylic acid groups (broad SMARTS) is 1. The van der Waals surface area contributed by atoms with Crippen molar-refractivity contribution >= 4 is 17.7 Å². The highest BCUT2D eigenvalue weighted by Crippen LogP contribution is 2.21. The molecule has 82 valence electrons. The van der Waals surface area contributed by atoms with Crippen molar-refractivity contribution in [3.8, 4) is 11.5 Å². The van der Waals surface area contributed by atoms with Crippen molar-refractivity contribution in [2.45, 2.75) is 5.16 Å². The van der Waals surface area contributed by atoms with Gasteiger partial charge in [-0.1, -0.05) is 11.8 Å². The molecule has 2 heterocycles. The molecule has 2 aromatic heterocycles. The van der Waals surface area contributed by atoms with Crippen molar-refractivity contribution in [1.29, 1.82) is 0 Å². The van der Waals surface area contributed by atoms with Gasteiger partial charge >= 0.3 is 5.97 Å². The first-order chi connectivity index (χ1) is 7.70. The summed E-state index contributed by atoms with van der Waals surface area (Å²) in [5.74, 6) is -0.764. The van der Waals surface area contributed by atoms with Gasteiger partial charge in [-0.2, -0.15) is 0 Å². The first kappa shape index (κ1) is 10.7. The highest BCUT2D eigenvalue weighted by Gasteiger charge is 2.11. The van der Waals surface area contributed by atoms with Gasteiger partial charge in [0, 0.05) is 6.20 Å². The maximum Gasteiger partial charge on any atom is 0.371 e. The van der Waals surface area contributed by atoms with E-state index in [9.17, 15) is 4.79 Å². The van der Waals surface area contributed by atoms with Gasteiger partial charge in [0.2, 0.25) is 5.76 Å². The largest absolute Gasteiger partial charge is 0.475 e. The Morgan fingerprint density at radius 1 is 1.44 bits per heavy atom. The molecule has 0 aromatic carbocycles. The quantitative estimate of drug-likeness (QED) is 0.650. The maximum atomic E-state index is 10.6. The van der Waals surface area contributed by atoms with E-state index in [2.05, 4.69) is 9.97 Å². The normalized spacial score (nSPS) is 10.3. The van der Waals surface area contributed by atoms with Gasteiger partial charge in [-0.25, -0.2) is 14.8 Å². The van der Waals surface area contributed by atoms with Gasteiger partial charge in [0.05, 0.1) is 0 Å². The molecule has 6 heteroatoms. The number of aromatic carboxylic acids is 1. The fourth-order valence-electron chi connectivity index (χ4n) is 1.17. The van der Waals surface area contributed by atoms with E-state index >= 15 is 0 Å². The average molecular weight is 236 g/mol. The smallest absolute Gasteiger partial charge is 0.371 e. The molecule has 0 aliphatic rings. The number of aromatic nitrogens is 2. The summed E-state index contributed by atoms with van der Waals surface area (Å²) in [5, 5.41) is 9.33. The minimum atomic E-state index is -1.09. The molecule has 0 amide bonds. The molecule has 0 saturated heterocycles. The molecule has 5 nitrogen and oxygen atoms in total. The lowest BCUT2D eigenvalue weighted by atomic mass is 10.3. The van der Waals surface area contributed by atoms with Gasteiger partial charge in [-0.15, -0.1) is 0 Å². The zero-order valence-corrected chi connectivity index (χ0v) is 9.19. The summed E-state index contributed by atoms with van der Waals surface area (Å²) in [4.78, 5) is 18.9. The Bertz CT molecular complexity index is 524. The van der Waals surface area contributed by atoms with E-state index in [1.165, 1.54) is 17.8 Å². The fraction of sp³-hybridized carbons (Fsp3) is 0.100. The maximum absolute atomic E-state index is 10.6. The van der Waals surface area contributed by atoms with Crippen molar-refractivity contribution in [2.75, 3.05) is 6.26 Å². The minimum Gasteiger partial charge on any atom is -0.475 e. The second-order valence-electron chi connectivity index (χ2n) is 2.90. The Morgan fingerprint density at radius 2 is 2.25 bits per heavy atom. The van der Waals surface area contributed by atoms with E-state index in [1.807, 2.05) is 6.26 Å². The zero-order valence-electron chi connectivity index (χ0n) is 8.38. The van der Waals surface area contributed by atoms with Crippen LogP contribution in [0.15, 0.2) is 34.0 Å². The molecule has 0 aliphatic carbocycles. The third-order valence-electron chi connectivity index (χ3n) is 1.89. The standard InChI is InChI=1S/C10H8N2O3S/c1-16-10-11-5-4-6(12-10)7-2-3-8(15-7)9(13)14/h2-5H,1H3,(H,13,14). The Hall–Kier alpha value is -1.82. The summed E-state index contributed by atoms with van der Waals surface area (Å²) in [6.07, 6.45) is 3.47. The SMILES string of the molecule is CSc1nccc(-c2ccc(C(=O)O)o2)n1. The summed E-state index contributed by atoms with van der Waals surface area (Å²) in [6, 6.07) is 4.65. The Kier molecular flexibility index (Phi) is 2.91. The molecule has 0 fully saturated rings. The molecular weight excluding hydrogens is 228 g/mol. The number of hydrogen-bond donors (Lipinski definition) is 1. The molecule has 1 N–H and O–H groups in total. The lowest BCUT2D eigenvalue weighted by molar-refractivity contribution is 0.0663. The van der Waals surface area contributed by atoms with Crippen LogP contribution in [0.1, 0.15) is 10.6 Å². The van der Waals surface area contributed by atoms with Crippen molar-refractivity contribution in [3.05, 3.63) is 30.2 Å². The van der Waals surface area contributed by atoms with Crippen molar-refractivity contribution in [2.24, 2.45) is 0 Å². The fourth-order valence-corrected chi connectivity index (χ4v) is 1.52. The van der Waals surface area contributed by atoms with Gasteiger partial charge in [-0.3, -0.25) is 0 Å². The minimum absolute atomic E-state index is 0.0979. The lowest BCUT2D eigenvalue weighted by Crippen LogP contribution is -1.92. The number of rotatable bonds is 3. The highest BCUT2D eigenvalue weighted by atomic mass is 32.2. The van der Waals surface area contributed by atoms with Crippen LogP contribution < -0.4 is 0 Å². The van der Waals surface area contributed by atoms with Crippen LogP contribution in [0.4, 0.5) is 0 Å². The van der Waals surface area contributed by atoms with Crippen LogP contribution in [0.25, 0.3) is 11.5 Å². The van der Waals surface area contributed by atoms with Gasteiger partial charge in [0.1, 0.15) is 5.69 Å². The number of nitrogens with zero attached hydrogens (tertiary/aromatic N) is 2. The monoisotopic (exact) mass is 236 g/mol. The first-order valence-corrected chi connectivity index (χ1v) is 5.63. The molecule has 16 heavy (non-hydrogen) atoms. The zero-order chi connectivity index (χ0) is 11.5. The Labute approximate surface area is 95.5 Å². The lowest BCUT2D eigenvalue weighted by Gasteiger charge is -1.97. The van der Waals surface area contributed by atoms with E-state index < -0.39 is 5.97 Å². The summed E-state index contributed by atoms with van der Waals surface area (Å²) in [7, 11) is 0. The molecule has 0 bridgehead atoms. The van der Waals surface area contributed by atoms with Crippen molar-refractivity contribution < 1.29 is 14.3 Å². The average Bonchev–Trinajstić information content (AvgIpc) is 2.78. The predicted molar refractivity (Wildman–Crippen MR) is 58.5 cm³/mol. The molecule has 0 aliphatic heterocycles. The van der Waals surface area contributed by atoms with Crippen LogP contribution in [-0.4, -0.2) is 27.3 Å². The summed E-state index contributed by atoms with van der Waals surface area (Å²) in [5.41, 5.74) is 0.576. The molecule has 0 spiro atoms. The van der Waals surface area contributed by atoms with Gasteiger partial charge < -0.3 is 9.52 Å². The number of carbonyl (C=O) groups is 1. The molecule has 2 aromatic rings. The summed E-state index contributed by atoms with van der Waals surface area (Å²) in [6.45, 7) is 0. The summed E-state index contributed by atoms with van der Waals surface area (Å²) < 4.78 is 5.13. The molecular formula is C10H8N2O3S. The van der Waals surface area contributed by atoms with Crippen molar-refractivity contribution in [3.63, 3.8) is 0 Å². The number of carboxylic acids is 1. The third kappa shape index (κ3) is 2.06. The highest BCUT2D eigenvalue weighted by molar-refractivity contribution is 7.98. The Balaban J connectivity index is 2.38. The van der Waals surface area contributed by atoms with Gasteiger partial charge in [0.25, 0.3) is 0 Å². The number of furan rings is 1. The van der Waals surface area contributed by atoms with Crippen LogP contribution in [0, 0.1) is 0 Å². The molecule has 0 unspecified atom stereocenters. The predicted octanol–water partition coefficient (Wildman–Crippen LogP) is 2.16. The Morgan fingerprint density at radius 3 is 2.88 bits per heavy atom. The van der Waals surface area contributed by atoms with Gasteiger partial charge in [0.15, 0.2) is 10.9 Å². The third-order valence-corrected chi connectivity index (χ3v) is 2.45. The number of thioether (sulfide) groups is 1. The van der Waals surface area contributed by atoms with E-state index in [4.69, 9.17) is 9.52 Å². The molecule has 0 radical (unpaired) electrons. The second-order valence-corrected chi connectivity index (χ2v) is 3.67. The number of hydrogen-bond acceptors (Lipinski definition) is 5. The van der Waals surface area contributed by atoms with E-state index in [-0.39, 0.29) is 5.76 Å². The van der Waals surface area contributed by atoms with Crippen LogP contribution in [0.5, 0.6) is 0 Å². The molecule has 0 atom stereocenters. The van der Waals surface area contributed by atoms with Crippen LogP contribution in [0.3, 0.4) is 0 Å². The van der Waals surface area contributed by atoms with Crippen LogP contribution >= 0.6 is 11.8 Å². The topological polar surface area (TPSA) is 76.2 Å². The van der Waals surface area contributed by atoms with E-state index in [1.54, 1.807) is 18.3 Å². The summed E-state index contributed by atoms with van der Waals surface area (Å²) >= 11 is 1.41. The second kappa shape index (κ2) is 4.36. The van der Waals surface area contributed by atoms with E-state index in [0.29, 0.717) is 16.6 Å². The van der Waals surface area contributed by atoms with E-state index in [0.717, 1.165) is 0 Å². The van der Waals surface area contributed by atoms with Gasteiger partial charge in [-0.05, 0) is 24.5 Å². The van der Waals surface area contributed by atoms with Crippen LogP contribution in [-0.2, 0) is 0 Å².